The summed E-state index contributed by atoms with van der Waals surface area (Å²) in [5, 5.41) is 5.64. The van der Waals surface area contributed by atoms with E-state index in [4.69, 9.17) is 4.74 Å². The number of carbonyl (C=O) groups excluding carboxylic acids is 2. The van der Waals surface area contributed by atoms with E-state index in [0.717, 1.165) is 0 Å². The number of rotatable bonds is 10. The van der Waals surface area contributed by atoms with Crippen LogP contribution in [0.15, 0.2) is 53.4 Å². The van der Waals surface area contributed by atoms with Crippen LogP contribution in [-0.4, -0.2) is 50.8 Å². The van der Waals surface area contributed by atoms with Crippen molar-refractivity contribution in [2.45, 2.75) is 25.7 Å². The molecule has 9 heteroatoms. The minimum atomic E-state index is -3.60. The molecule has 162 valence electrons. The first-order valence-electron chi connectivity index (χ1n) is 9.72. The molecule has 2 N–H and O–H groups in total. The molecular weight excluding hydrogens is 406 g/mol. The monoisotopic (exact) mass is 433 g/mol. The van der Waals surface area contributed by atoms with Gasteiger partial charge in [-0.3, -0.25) is 4.79 Å². The van der Waals surface area contributed by atoms with Crippen LogP contribution in [0.1, 0.15) is 31.1 Å². The van der Waals surface area contributed by atoms with Gasteiger partial charge in [-0.15, -0.1) is 0 Å². The molecule has 0 saturated carbocycles. The number of benzene rings is 2. The average molecular weight is 434 g/mol. The predicted octanol–water partition coefficient (Wildman–Crippen LogP) is 2.94. The van der Waals surface area contributed by atoms with Crippen LogP contribution in [0.2, 0.25) is 0 Å². The summed E-state index contributed by atoms with van der Waals surface area (Å²) >= 11 is 0. The SMILES string of the molecule is CCOC(=O)c1ccc(NCC(=O)Nc2cccc(S(=O)(=O)N(CC)CC)c2)cc1. The van der Waals surface area contributed by atoms with Crippen molar-refractivity contribution in [1.29, 1.82) is 0 Å². The van der Waals surface area contributed by atoms with Crippen molar-refractivity contribution >= 4 is 33.3 Å². The second-order valence-electron chi connectivity index (χ2n) is 6.32. The summed E-state index contributed by atoms with van der Waals surface area (Å²) in [6, 6.07) is 12.8. The number of anilines is 2. The standard InChI is InChI=1S/C21H27N3O5S/c1-4-24(5-2)30(27,28)19-9-7-8-18(14-19)23-20(25)15-22-17-12-10-16(11-13-17)21(26)29-6-3/h7-14,22H,4-6,15H2,1-3H3,(H,23,25). The first kappa shape index (κ1) is 23.4. The molecular formula is C21H27N3O5S. The Kier molecular flexibility index (Phi) is 8.37. The van der Waals surface area contributed by atoms with Crippen molar-refractivity contribution in [2.24, 2.45) is 0 Å². The van der Waals surface area contributed by atoms with Gasteiger partial charge in [0.15, 0.2) is 0 Å². The van der Waals surface area contributed by atoms with E-state index < -0.39 is 16.0 Å². The Morgan fingerprint density at radius 1 is 0.967 bits per heavy atom. The molecule has 8 nitrogen and oxygen atoms in total. The third-order valence-electron chi connectivity index (χ3n) is 4.31. The van der Waals surface area contributed by atoms with Gasteiger partial charge in [0.05, 0.1) is 23.6 Å². The zero-order valence-electron chi connectivity index (χ0n) is 17.3. The summed E-state index contributed by atoms with van der Waals surface area (Å²) in [4.78, 5) is 24.0. The van der Waals surface area contributed by atoms with E-state index in [2.05, 4.69) is 10.6 Å². The number of sulfonamides is 1. The van der Waals surface area contributed by atoms with Crippen molar-refractivity contribution in [3.8, 4) is 0 Å². The van der Waals surface area contributed by atoms with Crippen LogP contribution < -0.4 is 10.6 Å². The smallest absolute Gasteiger partial charge is 0.338 e. The van der Waals surface area contributed by atoms with Gasteiger partial charge >= 0.3 is 5.97 Å². The highest BCUT2D eigenvalue weighted by atomic mass is 32.2. The van der Waals surface area contributed by atoms with Crippen LogP contribution in [0.25, 0.3) is 0 Å². The Hall–Kier alpha value is -2.91. The average Bonchev–Trinajstić information content (AvgIpc) is 2.73. The third kappa shape index (κ3) is 6.04. The van der Waals surface area contributed by atoms with Crippen LogP contribution in [0, 0.1) is 0 Å². The Morgan fingerprint density at radius 3 is 2.23 bits per heavy atom. The highest BCUT2D eigenvalue weighted by Crippen LogP contribution is 2.19. The first-order chi connectivity index (χ1) is 14.3. The van der Waals surface area contributed by atoms with Gasteiger partial charge in [0, 0.05) is 24.5 Å². The van der Waals surface area contributed by atoms with Gasteiger partial charge < -0.3 is 15.4 Å². The van der Waals surface area contributed by atoms with Crippen LogP contribution in [-0.2, 0) is 19.6 Å². The number of ether oxygens (including phenoxy) is 1. The van der Waals surface area contributed by atoms with Crippen molar-refractivity contribution in [3.05, 3.63) is 54.1 Å². The lowest BCUT2D eigenvalue weighted by molar-refractivity contribution is -0.114. The van der Waals surface area contributed by atoms with E-state index in [1.54, 1.807) is 57.2 Å². The van der Waals surface area contributed by atoms with E-state index in [9.17, 15) is 18.0 Å². The lowest BCUT2D eigenvalue weighted by Gasteiger charge is -2.19. The van der Waals surface area contributed by atoms with E-state index in [1.807, 2.05) is 0 Å². The molecule has 0 heterocycles. The minimum absolute atomic E-state index is 0.0220. The van der Waals surface area contributed by atoms with Gasteiger partial charge in [0.25, 0.3) is 0 Å². The maximum Gasteiger partial charge on any atom is 0.338 e. The van der Waals surface area contributed by atoms with Gasteiger partial charge in [-0.25, -0.2) is 13.2 Å². The number of carbonyl (C=O) groups is 2. The van der Waals surface area contributed by atoms with Crippen LogP contribution in [0.4, 0.5) is 11.4 Å². The van der Waals surface area contributed by atoms with Gasteiger partial charge in [-0.1, -0.05) is 19.9 Å². The highest BCUT2D eigenvalue weighted by Gasteiger charge is 2.21. The quantitative estimate of drug-likeness (QED) is 0.558. The molecule has 0 aliphatic carbocycles. The van der Waals surface area contributed by atoms with Gasteiger partial charge in [0.2, 0.25) is 15.9 Å². The van der Waals surface area contributed by atoms with Gasteiger partial charge in [0.1, 0.15) is 0 Å². The Bertz CT molecular complexity index is 970. The Balaban J connectivity index is 1.98. The van der Waals surface area contributed by atoms with Crippen molar-refractivity contribution in [1.82, 2.24) is 4.31 Å². The lowest BCUT2D eigenvalue weighted by atomic mass is 10.2. The predicted molar refractivity (Wildman–Crippen MR) is 116 cm³/mol. The normalized spacial score (nSPS) is 11.2. The molecule has 0 unspecified atom stereocenters. The molecule has 1 amide bonds. The van der Waals surface area contributed by atoms with Gasteiger partial charge in [-0.2, -0.15) is 4.31 Å². The lowest BCUT2D eigenvalue weighted by Crippen LogP contribution is -2.30. The fourth-order valence-corrected chi connectivity index (χ4v) is 4.28. The molecule has 0 spiro atoms. The second-order valence-corrected chi connectivity index (χ2v) is 8.25. The highest BCUT2D eigenvalue weighted by molar-refractivity contribution is 7.89. The number of nitrogens with zero attached hydrogens (tertiary/aromatic N) is 1. The molecule has 30 heavy (non-hydrogen) atoms. The molecule has 0 saturated heterocycles. The maximum atomic E-state index is 12.6. The topological polar surface area (TPSA) is 105 Å². The maximum absolute atomic E-state index is 12.6. The molecule has 0 aliphatic heterocycles. The number of hydrogen-bond acceptors (Lipinski definition) is 6. The van der Waals surface area contributed by atoms with Crippen LogP contribution in [0.3, 0.4) is 0 Å². The largest absolute Gasteiger partial charge is 0.462 e. The van der Waals surface area contributed by atoms with Crippen LogP contribution in [0.5, 0.6) is 0 Å². The fourth-order valence-electron chi connectivity index (χ4n) is 2.77. The third-order valence-corrected chi connectivity index (χ3v) is 6.36. The van der Waals surface area contributed by atoms with Crippen LogP contribution >= 0.6 is 0 Å². The molecule has 0 bridgehead atoms. The number of hydrogen-bond donors (Lipinski definition) is 2. The molecule has 2 rings (SSSR count). The molecule has 0 atom stereocenters. The zero-order valence-corrected chi connectivity index (χ0v) is 18.2. The summed E-state index contributed by atoms with van der Waals surface area (Å²) in [5.74, 6) is -0.733. The zero-order chi connectivity index (χ0) is 22.1. The minimum Gasteiger partial charge on any atom is -0.462 e. The summed E-state index contributed by atoms with van der Waals surface area (Å²) in [5.41, 5.74) is 1.49. The van der Waals surface area contributed by atoms with Crippen molar-refractivity contribution in [3.63, 3.8) is 0 Å². The fraction of sp³-hybridized carbons (Fsp3) is 0.333. The molecule has 0 aromatic heterocycles. The van der Waals surface area contributed by atoms with Crippen molar-refractivity contribution in [2.75, 3.05) is 36.9 Å². The van der Waals surface area contributed by atoms with Gasteiger partial charge in [-0.05, 0) is 49.4 Å². The van der Waals surface area contributed by atoms with Crippen molar-refractivity contribution < 1.29 is 22.7 Å². The van der Waals surface area contributed by atoms with E-state index in [1.165, 1.54) is 16.4 Å². The number of esters is 1. The first-order valence-corrected chi connectivity index (χ1v) is 11.2. The van der Waals surface area contributed by atoms with E-state index >= 15 is 0 Å². The summed E-state index contributed by atoms with van der Waals surface area (Å²) < 4.78 is 31.5. The number of nitrogens with one attached hydrogen (secondary N) is 2. The Morgan fingerprint density at radius 2 is 1.63 bits per heavy atom. The summed E-state index contributed by atoms with van der Waals surface area (Å²) in [6.45, 7) is 6.31. The molecule has 0 radical (unpaired) electrons. The Labute approximate surface area is 177 Å². The second kappa shape index (κ2) is 10.7. The number of amides is 1. The van der Waals surface area contributed by atoms with E-state index in [-0.39, 0.29) is 17.3 Å². The molecule has 0 aliphatic rings. The molecule has 2 aromatic carbocycles. The van der Waals surface area contributed by atoms with E-state index in [0.29, 0.717) is 36.6 Å². The summed E-state index contributed by atoms with van der Waals surface area (Å²) in [7, 11) is -3.60. The molecule has 2 aromatic rings. The summed E-state index contributed by atoms with van der Waals surface area (Å²) in [6.07, 6.45) is 0. The molecule has 0 fully saturated rings.